The van der Waals surface area contributed by atoms with E-state index in [2.05, 4.69) is 15.5 Å². The lowest BCUT2D eigenvalue weighted by Crippen LogP contribution is -2.23. The molecule has 10 heteroatoms. The van der Waals surface area contributed by atoms with Gasteiger partial charge in [0.2, 0.25) is 11.7 Å². The number of furan rings is 1. The first-order chi connectivity index (χ1) is 15.0. The molecule has 0 saturated carbocycles. The Morgan fingerprint density at radius 1 is 1.10 bits per heavy atom. The number of nitrogens with zero attached hydrogens (tertiary/aromatic N) is 4. The molecule has 4 rings (SSSR count). The highest BCUT2D eigenvalue weighted by atomic mass is 32.2. The lowest BCUT2D eigenvalue weighted by molar-refractivity contribution is -0.383. The maximum Gasteiger partial charge on any atom is 0.292 e. The van der Waals surface area contributed by atoms with Crippen LogP contribution in [0.1, 0.15) is 6.92 Å². The van der Waals surface area contributed by atoms with Crippen molar-refractivity contribution in [1.29, 1.82) is 0 Å². The van der Waals surface area contributed by atoms with Crippen molar-refractivity contribution in [2.45, 2.75) is 17.3 Å². The molecule has 0 radical (unpaired) electrons. The van der Waals surface area contributed by atoms with E-state index in [1.807, 2.05) is 30.3 Å². The molecule has 2 aromatic heterocycles. The number of nitro benzene ring substituents is 1. The molecular weight excluding hydrogens is 418 g/mol. The van der Waals surface area contributed by atoms with Crippen molar-refractivity contribution in [3.05, 3.63) is 83.1 Å². The third kappa shape index (κ3) is 4.33. The van der Waals surface area contributed by atoms with Gasteiger partial charge in [0.15, 0.2) is 10.9 Å². The zero-order valence-corrected chi connectivity index (χ0v) is 17.2. The average molecular weight is 435 g/mol. The minimum atomic E-state index is -0.601. The fourth-order valence-corrected chi connectivity index (χ4v) is 3.77. The third-order valence-electron chi connectivity index (χ3n) is 4.40. The summed E-state index contributed by atoms with van der Waals surface area (Å²) < 4.78 is 7.29. The second kappa shape index (κ2) is 8.84. The number of nitro groups is 1. The summed E-state index contributed by atoms with van der Waals surface area (Å²) >= 11 is 1.19. The van der Waals surface area contributed by atoms with E-state index >= 15 is 0 Å². The van der Waals surface area contributed by atoms with Crippen molar-refractivity contribution in [2.75, 3.05) is 5.32 Å². The van der Waals surface area contributed by atoms with Crippen molar-refractivity contribution in [3.63, 3.8) is 0 Å². The van der Waals surface area contributed by atoms with Crippen LogP contribution in [-0.2, 0) is 4.79 Å². The van der Waals surface area contributed by atoms with Gasteiger partial charge in [-0.1, -0.05) is 42.1 Å². The fraction of sp³-hybridized carbons (Fsp3) is 0.0952. The van der Waals surface area contributed by atoms with Crippen molar-refractivity contribution in [2.24, 2.45) is 0 Å². The number of rotatable bonds is 7. The molecule has 2 aromatic carbocycles. The summed E-state index contributed by atoms with van der Waals surface area (Å²) in [5.41, 5.74) is 0.791. The second-order valence-corrected chi connectivity index (χ2v) is 7.79. The summed E-state index contributed by atoms with van der Waals surface area (Å²) in [6.07, 6.45) is 1.55. The largest absolute Gasteiger partial charge is 0.461 e. The van der Waals surface area contributed by atoms with Crippen LogP contribution < -0.4 is 5.32 Å². The molecule has 1 N–H and O–H groups in total. The van der Waals surface area contributed by atoms with Gasteiger partial charge in [0, 0.05) is 11.8 Å². The molecule has 0 bridgehead atoms. The molecule has 0 aliphatic rings. The molecule has 0 aliphatic heterocycles. The highest BCUT2D eigenvalue weighted by Gasteiger charge is 2.24. The van der Waals surface area contributed by atoms with Gasteiger partial charge in [-0.15, -0.1) is 10.2 Å². The fourth-order valence-electron chi connectivity index (χ4n) is 2.91. The van der Waals surface area contributed by atoms with E-state index < -0.39 is 10.2 Å². The Kier molecular flexibility index (Phi) is 5.80. The standard InChI is InChI=1S/C21H17N5O4S/c1-14(20(27)22-16-10-5-6-11-17(16)26(28)29)31-21-24-23-19(18-12-7-13-30-18)25(21)15-8-3-2-4-9-15/h2-14H,1H3,(H,22,27). The van der Waals surface area contributed by atoms with Gasteiger partial charge >= 0.3 is 0 Å². The first kappa shape index (κ1) is 20.4. The predicted octanol–water partition coefficient (Wildman–Crippen LogP) is 4.55. The van der Waals surface area contributed by atoms with Gasteiger partial charge in [-0.05, 0) is 37.3 Å². The molecule has 2 heterocycles. The van der Waals surface area contributed by atoms with E-state index in [1.54, 1.807) is 42.0 Å². The minimum absolute atomic E-state index is 0.144. The van der Waals surface area contributed by atoms with Crippen LogP contribution in [0.2, 0.25) is 0 Å². The number of benzene rings is 2. The summed E-state index contributed by atoms with van der Waals surface area (Å²) in [6, 6.07) is 19.0. The number of thioether (sulfide) groups is 1. The Morgan fingerprint density at radius 2 is 1.84 bits per heavy atom. The SMILES string of the molecule is CC(Sc1nnc(-c2ccco2)n1-c1ccccc1)C(=O)Nc1ccccc1[N+](=O)[O-]. The summed E-state index contributed by atoms with van der Waals surface area (Å²) in [7, 11) is 0. The van der Waals surface area contributed by atoms with Crippen LogP contribution in [0.4, 0.5) is 11.4 Å². The Morgan fingerprint density at radius 3 is 2.55 bits per heavy atom. The molecular formula is C21H17N5O4S. The molecule has 156 valence electrons. The van der Waals surface area contributed by atoms with Crippen LogP contribution in [0.5, 0.6) is 0 Å². The lowest BCUT2D eigenvalue weighted by atomic mass is 10.2. The van der Waals surface area contributed by atoms with E-state index in [-0.39, 0.29) is 17.3 Å². The number of aromatic nitrogens is 3. The minimum Gasteiger partial charge on any atom is -0.461 e. The summed E-state index contributed by atoms with van der Waals surface area (Å²) in [5, 5.41) is 22.2. The topological polar surface area (TPSA) is 116 Å². The monoisotopic (exact) mass is 435 g/mol. The van der Waals surface area contributed by atoms with Gasteiger partial charge in [-0.25, -0.2) is 0 Å². The highest BCUT2D eigenvalue weighted by molar-refractivity contribution is 8.00. The number of carbonyl (C=O) groups excluding carboxylic acids is 1. The van der Waals surface area contributed by atoms with Crippen LogP contribution >= 0.6 is 11.8 Å². The molecule has 1 unspecified atom stereocenters. The first-order valence-electron chi connectivity index (χ1n) is 9.30. The zero-order valence-electron chi connectivity index (χ0n) is 16.3. The summed E-state index contributed by atoms with van der Waals surface area (Å²) in [4.78, 5) is 23.4. The van der Waals surface area contributed by atoms with Gasteiger partial charge in [0.1, 0.15) is 5.69 Å². The van der Waals surface area contributed by atoms with E-state index in [0.717, 1.165) is 5.69 Å². The molecule has 0 aliphatic carbocycles. The van der Waals surface area contributed by atoms with Crippen molar-refractivity contribution in [1.82, 2.24) is 14.8 Å². The number of hydrogen-bond donors (Lipinski definition) is 1. The lowest BCUT2D eigenvalue weighted by Gasteiger charge is -2.13. The molecule has 0 spiro atoms. The quantitative estimate of drug-likeness (QED) is 0.257. The molecule has 0 fully saturated rings. The molecule has 1 amide bonds. The Bertz CT molecular complexity index is 1210. The first-order valence-corrected chi connectivity index (χ1v) is 10.2. The maximum atomic E-state index is 12.7. The molecule has 31 heavy (non-hydrogen) atoms. The summed E-state index contributed by atoms with van der Waals surface area (Å²) in [6.45, 7) is 1.70. The Labute approximate surface area is 181 Å². The zero-order chi connectivity index (χ0) is 21.8. The average Bonchev–Trinajstić information content (AvgIpc) is 3.44. The number of hydrogen-bond acceptors (Lipinski definition) is 7. The van der Waals surface area contributed by atoms with E-state index in [4.69, 9.17) is 4.42 Å². The van der Waals surface area contributed by atoms with Gasteiger partial charge in [0.25, 0.3) is 5.69 Å². The second-order valence-electron chi connectivity index (χ2n) is 6.48. The van der Waals surface area contributed by atoms with Crippen molar-refractivity contribution < 1.29 is 14.1 Å². The smallest absolute Gasteiger partial charge is 0.292 e. The normalized spacial score (nSPS) is 11.8. The molecule has 1 atom stereocenters. The molecule has 4 aromatic rings. The Balaban J connectivity index is 1.61. The van der Waals surface area contributed by atoms with Crippen molar-refractivity contribution in [3.8, 4) is 17.3 Å². The van der Waals surface area contributed by atoms with Gasteiger partial charge in [-0.2, -0.15) is 0 Å². The summed E-state index contributed by atoms with van der Waals surface area (Å²) in [5.74, 6) is 0.659. The number of para-hydroxylation sites is 3. The predicted molar refractivity (Wildman–Crippen MR) is 116 cm³/mol. The number of anilines is 1. The van der Waals surface area contributed by atoms with Crippen LogP contribution in [-0.4, -0.2) is 30.8 Å². The van der Waals surface area contributed by atoms with Crippen molar-refractivity contribution >= 4 is 29.0 Å². The van der Waals surface area contributed by atoms with E-state index in [0.29, 0.717) is 16.7 Å². The Hall–Kier alpha value is -3.92. The number of nitrogens with one attached hydrogen (secondary N) is 1. The van der Waals surface area contributed by atoms with Gasteiger partial charge in [0.05, 0.1) is 16.4 Å². The molecule has 9 nitrogen and oxygen atoms in total. The van der Waals surface area contributed by atoms with E-state index in [1.165, 1.54) is 23.9 Å². The number of amides is 1. The number of carbonyl (C=O) groups is 1. The van der Waals surface area contributed by atoms with Crippen LogP contribution in [0, 0.1) is 10.1 Å². The van der Waals surface area contributed by atoms with Crippen LogP contribution in [0.3, 0.4) is 0 Å². The highest BCUT2D eigenvalue weighted by Crippen LogP contribution is 2.31. The van der Waals surface area contributed by atoms with E-state index in [9.17, 15) is 14.9 Å². The molecule has 0 saturated heterocycles. The van der Waals surface area contributed by atoms with Gasteiger partial charge < -0.3 is 9.73 Å². The maximum absolute atomic E-state index is 12.7. The van der Waals surface area contributed by atoms with Crippen LogP contribution in [0.15, 0.2) is 82.6 Å². The van der Waals surface area contributed by atoms with Crippen LogP contribution in [0.25, 0.3) is 17.3 Å². The third-order valence-corrected chi connectivity index (χ3v) is 5.44. The van der Waals surface area contributed by atoms with Gasteiger partial charge in [-0.3, -0.25) is 19.5 Å².